The van der Waals surface area contributed by atoms with Crippen molar-refractivity contribution in [3.05, 3.63) is 53.1 Å². The molecule has 0 unspecified atom stereocenters. The predicted octanol–water partition coefficient (Wildman–Crippen LogP) is 4.61. The minimum absolute atomic E-state index is 0.771. The van der Waals surface area contributed by atoms with Crippen molar-refractivity contribution >= 4 is 6.08 Å². The number of allylic oxidation sites excluding steroid dienone is 1. The molecule has 0 bridgehead atoms. The highest BCUT2D eigenvalue weighted by atomic mass is 16.5. The zero-order chi connectivity index (χ0) is 12.9. The highest BCUT2D eigenvalue weighted by molar-refractivity contribution is 5.59. The summed E-state index contributed by atoms with van der Waals surface area (Å²) >= 11 is 0. The second-order valence-corrected chi connectivity index (χ2v) is 5.66. The van der Waals surface area contributed by atoms with Gasteiger partial charge in [0.05, 0.1) is 13.2 Å². The van der Waals surface area contributed by atoms with Gasteiger partial charge in [0.25, 0.3) is 0 Å². The first kappa shape index (κ1) is 12.7. The molecule has 1 aliphatic carbocycles. The van der Waals surface area contributed by atoms with Crippen molar-refractivity contribution in [3.63, 3.8) is 0 Å². The third-order valence-corrected chi connectivity index (χ3v) is 4.15. The van der Waals surface area contributed by atoms with Crippen LogP contribution in [0.3, 0.4) is 0 Å². The Morgan fingerprint density at radius 2 is 1.63 bits per heavy atom. The quantitative estimate of drug-likeness (QED) is 0.749. The van der Waals surface area contributed by atoms with E-state index in [0.29, 0.717) is 0 Å². The van der Waals surface area contributed by atoms with Crippen LogP contribution in [-0.2, 0) is 4.74 Å². The number of benzene rings is 1. The van der Waals surface area contributed by atoms with Crippen LogP contribution in [0, 0.1) is 5.92 Å². The van der Waals surface area contributed by atoms with E-state index >= 15 is 0 Å². The molecule has 1 heteroatoms. The molecule has 1 heterocycles. The van der Waals surface area contributed by atoms with Crippen molar-refractivity contribution in [2.24, 2.45) is 5.92 Å². The van der Waals surface area contributed by atoms with Crippen molar-refractivity contribution in [1.29, 1.82) is 0 Å². The van der Waals surface area contributed by atoms with E-state index in [2.05, 4.69) is 42.5 Å². The molecule has 0 N–H and O–H groups in total. The van der Waals surface area contributed by atoms with Crippen LogP contribution in [0.1, 0.15) is 37.7 Å². The van der Waals surface area contributed by atoms with Gasteiger partial charge in [0.1, 0.15) is 0 Å². The SMILES string of the molecule is C(=C1COCC1=CC1CCCCC1)c1ccccc1. The molecule has 0 atom stereocenters. The van der Waals surface area contributed by atoms with E-state index in [0.717, 1.165) is 19.1 Å². The molecule has 2 aliphatic rings. The molecule has 1 aliphatic heterocycles. The smallest absolute Gasteiger partial charge is 0.0725 e. The fraction of sp³-hybridized carbons (Fsp3) is 0.444. The van der Waals surface area contributed by atoms with Crippen LogP contribution in [0.4, 0.5) is 0 Å². The molecule has 0 aromatic heterocycles. The van der Waals surface area contributed by atoms with Gasteiger partial charge in [-0.3, -0.25) is 0 Å². The van der Waals surface area contributed by atoms with Crippen LogP contribution in [0.5, 0.6) is 0 Å². The van der Waals surface area contributed by atoms with E-state index < -0.39 is 0 Å². The molecule has 2 fully saturated rings. The van der Waals surface area contributed by atoms with Gasteiger partial charge in [0.15, 0.2) is 0 Å². The van der Waals surface area contributed by atoms with E-state index in [-0.39, 0.29) is 0 Å². The summed E-state index contributed by atoms with van der Waals surface area (Å²) in [6, 6.07) is 10.6. The van der Waals surface area contributed by atoms with Crippen molar-refractivity contribution < 1.29 is 4.74 Å². The van der Waals surface area contributed by atoms with Crippen LogP contribution in [0.25, 0.3) is 6.08 Å². The summed E-state index contributed by atoms with van der Waals surface area (Å²) in [5, 5.41) is 0. The van der Waals surface area contributed by atoms with E-state index in [9.17, 15) is 0 Å². The predicted molar refractivity (Wildman–Crippen MR) is 79.9 cm³/mol. The molecule has 19 heavy (non-hydrogen) atoms. The highest BCUT2D eigenvalue weighted by Gasteiger charge is 2.18. The summed E-state index contributed by atoms with van der Waals surface area (Å²) in [7, 11) is 0. The average Bonchev–Trinajstić information content (AvgIpc) is 2.88. The summed E-state index contributed by atoms with van der Waals surface area (Å²) in [5.41, 5.74) is 4.07. The Bertz CT molecular complexity index is 464. The van der Waals surface area contributed by atoms with Crippen molar-refractivity contribution in [2.75, 3.05) is 13.2 Å². The Labute approximate surface area is 116 Å². The van der Waals surface area contributed by atoms with Gasteiger partial charge in [-0.2, -0.15) is 0 Å². The van der Waals surface area contributed by atoms with Gasteiger partial charge in [-0.25, -0.2) is 0 Å². The second kappa shape index (κ2) is 6.21. The lowest BCUT2D eigenvalue weighted by Crippen LogP contribution is -2.04. The summed E-state index contributed by atoms with van der Waals surface area (Å²) < 4.78 is 5.65. The number of rotatable bonds is 2. The largest absolute Gasteiger partial charge is 0.372 e. The first-order chi connectivity index (χ1) is 9.42. The molecule has 3 rings (SSSR count). The van der Waals surface area contributed by atoms with Crippen LogP contribution in [0.2, 0.25) is 0 Å². The lowest BCUT2D eigenvalue weighted by molar-refractivity contribution is 0.214. The average molecular weight is 254 g/mol. The first-order valence-corrected chi connectivity index (χ1v) is 7.46. The van der Waals surface area contributed by atoms with Crippen molar-refractivity contribution in [2.45, 2.75) is 32.1 Å². The summed E-state index contributed by atoms with van der Waals surface area (Å²) in [6.45, 7) is 1.57. The van der Waals surface area contributed by atoms with Gasteiger partial charge in [-0.05, 0) is 41.5 Å². The fourth-order valence-electron chi connectivity index (χ4n) is 3.08. The molecular formula is C18H22O. The fourth-order valence-corrected chi connectivity index (χ4v) is 3.08. The second-order valence-electron chi connectivity index (χ2n) is 5.66. The zero-order valence-corrected chi connectivity index (χ0v) is 11.5. The minimum Gasteiger partial charge on any atom is -0.372 e. The maximum atomic E-state index is 5.65. The Morgan fingerprint density at radius 1 is 0.895 bits per heavy atom. The maximum absolute atomic E-state index is 5.65. The molecule has 1 aromatic carbocycles. The first-order valence-electron chi connectivity index (χ1n) is 7.46. The number of hydrogen-bond donors (Lipinski definition) is 0. The summed E-state index contributed by atoms with van der Waals surface area (Å²) in [5.74, 6) is 0.782. The lowest BCUT2D eigenvalue weighted by Gasteiger charge is -2.18. The van der Waals surface area contributed by atoms with Crippen molar-refractivity contribution in [1.82, 2.24) is 0 Å². The molecule has 0 amide bonds. The monoisotopic (exact) mass is 254 g/mol. The van der Waals surface area contributed by atoms with E-state index in [1.807, 2.05) is 0 Å². The van der Waals surface area contributed by atoms with E-state index in [1.165, 1.54) is 48.8 Å². The van der Waals surface area contributed by atoms with Gasteiger partial charge >= 0.3 is 0 Å². The molecular weight excluding hydrogens is 232 g/mol. The van der Waals surface area contributed by atoms with Crippen molar-refractivity contribution in [3.8, 4) is 0 Å². The standard InChI is InChI=1S/C18H22O/c1-3-7-15(8-4-1)11-17-13-19-14-18(17)12-16-9-5-2-6-10-16/h1,3-4,7-8,11-12,16H,2,5-6,9-10,13-14H2. The topological polar surface area (TPSA) is 9.23 Å². The highest BCUT2D eigenvalue weighted by Crippen LogP contribution is 2.29. The Kier molecular flexibility index (Phi) is 4.14. The van der Waals surface area contributed by atoms with Crippen LogP contribution < -0.4 is 0 Å². The Hall–Kier alpha value is -1.34. The molecule has 0 radical (unpaired) electrons. The normalized spacial score (nSPS) is 25.3. The summed E-state index contributed by atoms with van der Waals surface area (Å²) in [4.78, 5) is 0. The Morgan fingerprint density at radius 3 is 2.42 bits per heavy atom. The van der Waals surface area contributed by atoms with Gasteiger partial charge < -0.3 is 4.74 Å². The van der Waals surface area contributed by atoms with Crippen LogP contribution in [-0.4, -0.2) is 13.2 Å². The zero-order valence-electron chi connectivity index (χ0n) is 11.5. The lowest BCUT2D eigenvalue weighted by atomic mass is 9.87. The molecule has 1 aromatic rings. The third kappa shape index (κ3) is 3.36. The molecule has 1 saturated heterocycles. The Balaban J connectivity index is 1.77. The molecule has 1 saturated carbocycles. The van der Waals surface area contributed by atoms with Crippen LogP contribution in [0.15, 0.2) is 47.6 Å². The molecule has 1 nitrogen and oxygen atoms in total. The molecule has 0 spiro atoms. The van der Waals surface area contributed by atoms with E-state index in [1.54, 1.807) is 0 Å². The number of ether oxygens (including phenoxy) is 1. The van der Waals surface area contributed by atoms with Gasteiger partial charge in [-0.1, -0.05) is 55.7 Å². The maximum Gasteiger partial charge on any atom is 0.0725 e. The van der Waals surface area contributed by atoms with Gasteiger partial charge in [0.2, 0.25) is 0 Å². The molecule has 100 valence electrons. The third-order valence-electron chi connectivity index (χ3n) is 4.15. The minimum atomic E-state index is 0.771. The summed E-state index contributed by atoms with van der Waals surface area (Å²) in [6.07, 6.45) is 11.7. The van der Waals surface area contributed by atoms with Gasteiger partial charge in [0, 0.05) is 0 Å². The van der Waals surface area contributed by atoms with Crippen LogP contribution >= 0.6 is 0 Å². The van der Waals surface area contributed by atoms with E-state index in [4.69, 9.17) is 4.74 Å². The number of hydrogen-bond acceptors (Lipinski definition) is 1. The van der Waals surface area contributed by atoms with Gasteiger partial charge in [-0.15, -0.1) is 0 Å².